The maximum absolute atomic E-state index is 12.0. The van der Waals surface area contributed by atoms with Crippen LogP contribution in [0.2, 0.25) is 0 Å². The highest BCUT2D eigenvalue weighted by molar-refractivity contribution is 5.85. The summed E-state index contributed by atoms with van der Waals surface area (Å²) in [6, 6.07) is 11.9. The summed E-state index contributed by atoms with van der Waals surface area (Å²) in [6.07, 6.45) is 1.29. The molecule has 0 bridgehead atoms. The van der Waals surface area contributed by atoms with Gasteiger partial charge in [0.25, 0.3) is 0 Å². The predicted molar refractivity (Wildman–Crippen MR) is 73.3 cm³/mol. The van der Waals surface area contributed by atoms with E-state index in [1.165, 1.54) is 0 Å². The second kappa shape index (κ2) is 7.50. The van der Waals surface area contributed by atoms with Crippen LogP contribution in [0.25, 0.3) is 0 Å². The van der Waals surface area contributed by atoms with Gasteiger partial charge in [-0.05, 0) is 18.6 Å². The van der Waals surface area contributed by atoms with Gasteiger partial charge in [-0.15, -0.1) is 0 Å². The number of para-hydroxylation sites is 1. The van der Waals surface area contributed by atoms with Crippen LogP contribution in [0.1, 0.15) is 26.7 Å². The molecule has 0 spiro atoms. The van der Waals surface area contributed by atoms with E-state index in [-0.39, 0.29) is 11.7 Å². The molecule has 3 heteroatoms. The Balaban J connectivity index is 2.74. The van der Waals surface area contributed by atoms with E-state index in [2.05, 4.69) is 6.07 Å². The number of rotatable bonds is 7. The number of hydrogen-bond donors (Lipinski definition) is 0. The summed E-state index contributed by atoms with van der Waals surface area (Å²) in [5.41, 5.74) is 1.00. The number of benzene rings is 1. The Bertz CT molecular complexity index is 408. The number of nitriles is 1. The molecule has 18 heavy (non-hydrogen) atoms. The Morgan fingerprint density at radius 3 is 2.61 bits per heavy atom. The molecule has 1 atom stereocenters. The zero-order valence-electron chi connectivity index (χ0n) is 11.1. The highest BCUT2D eigenvalue weighted by Crippen LogP contribution is 2.15. The Labute approximate surface area is 109 Å². The van der Waals surface area contributed by atoms with Gasteiger partial charge in [-0.1, -0.05) is 32.0 Å². The fraction of sp³-hybridized carbons (Fsp3) is 0.467. The smallest absolute Gasteiger partial charge is 0.154 e. The van der Waals surface area contributed by atoms with Crippen molar-refractivity contribution in [3.8, 4) is 6.07 Å². The van der Waals surface area contributed by atoms with E-state index < -0.39 is 0 Å². The molecule has 1 unspecified atom stereocenters. The van der Waals surface area contributed by atoms with E-state index in [4.69, 9.17) is 5.26 Å². The lowest BCUT2D eigenvalue weighted by Crippen LogP contribution is -2.33. The third kappa shape index (κ3) is 4.21. The average molecular weight is 244 g/mol. The van der Waals surface area contributed by atoms with Gasteiger partial charge in [0, 0.05) is 18.2 Å². The van der Waals surface area contributed by atoms with Gasteiger partial charge < -0.3 is 4.90 Å². The summed E-state index contributed by atoms with van der Waals surface area (Å²) in [4.78, 5) is 14.0. The van der Waals surface area contributed by atoms with Crippen molar-refractivity contribution in [2.45, 2.75) is 26.7 Å². The van der Waals surface area contributed by atoms with Crippen LogP contribution in [-0.2, 0) is 4.79 Å². The van der Waals surface area contributed by atoms with E-state index >= 15 is 0 Å². The first kappa shape index (κ1) is 14.2. The zero-order valence-corrected chi connectivity index (χ0v) is 11.1. The van der Waals surface area contributed by atoms with Crippen LogP contribution in [0.4, 0.5) is 5.69 Å². The molecule has 1 rings (SSSR count). The minimum atomic E-state index is 0.0818. The summed E-state index contributed by atoms with van der Waals surface area (Å²) in [5.74, 6) is 0.317. The Hall–Kier alpha value is -1.82. The van der Waals surface area contributed by atoms with Crippen LogP contribution in [0, 0.1) is 17.2 Å². The number of nitrogens with zero attached hydrogens (tertiary/aromatic N) is 2. The van der Waals surface area contributed by atoms with Crippen molar-refractivity contribution in [2.24, 2.45) is 5.92 Å². The lowest BCUT2D eigenvalue weighted by molar-refractivity contribution is -0.121. The number of carbonyl (C=O) groups is 1. The third-order valence-corrected chi connectivity index (χ3v) is 3.12. The van der Waals surface area contributed by atoms with Crippen molar-refractivity contribution in [3.63, 3.8) is 0 Å². The molecule has 0 fully saturated rings. The monoisotopic (exact) mass is 244 g/mol. The highest BCUT2D eigenvalue weighted by Gasteiger charge is 2.15. The van der Waals surface area contributed by atoms with Gasteiger partial charge in [-0.25, -0.2) is 0 Å². The van der Waals surface area contributed by atoms with Crippen molar-refractivity contribution in [1.29, 1.82) is 5.26 Å². The van der Waals surface area contributed by atoms with Crippen molar-refractivity contribution in [3.05, 3.63) is 30.3 Å². The maximum Gasteiger partial charge on any atom is 0.154 e. The largest absolute Gasteiger partial charge is 0.363 e. The first-order chi connectivity index (χ1) is 8.69. The lowest BCUT2D eigenvalue weighted by Gasteiger charge is -2.24. The molecular formula is C15H20N2O. The fourth-order valence-electron chi connectivity index (χ4n) is 1.69. The van der Waals surface area contributed by atoms with E-state index in [9.17, 15) is 4.79 Å². The standard InChI is InChI=1S/C15H20N2O/c1-3-13(2)15(18)12-17(11-7-10-16)14-8-5-4-6-9-14/h4-6,8-9,13H,3,7,11-12H2,1-2H3. The second-order valence-corrected chi connectivity index (χ2v) is 4.44. The predicted octanol–water partition coefficient (Wildman–Crippen LogP) is 3.02. The van der Waals surface area contributed by atoms with E-state index in [0.717, 1.165) is 12.1 Å². The third-order valence-electron chi connectivity index (χ3n) is 3.12. The van der Waals surface area contributed by atoms with Crippen LogP contribution >= 0.6 is 0 Å². The van der Waals surface area contributed by atoms with Gasteiger partial charge >= 0.3 is 0 Å². The molecule has 0 saturated carbocycles. The number of hydrogen-bond acceptors (Lipinski definition) is 3. The fourth-order valence-corrected chi connectivity index (χ4v) is 1.69. The Morgan fingerprint density at radius 2 is 2.06 bits per heavy atom. The van der Waals surface area contributed by atoms with Gasteiger partial charge in [0.15, 0.2) is 5.78 Å². The van der Waals surface area contributed by atoms with Gasteiger partial charge in [0.05, 0.1) is 19.0 Å². The average Bonchev–Trinajstić information content (AvgIpc) is 2.43. The molecule has 0 aromatic heterocycles. The topological polar surface area (TPSA) is 44.1 Å². The molecule has 1 aromatic rings. The van der Waals surface area contributed by atoms with Crippen LogP contribution in [-0.4, -0.2) is 18.9 Å². The minimum absolute atomic E-state index is 0.0818. The summed E-state index contributed by atoms with van der Waals surface area (Å²) in [7, 11) is 0. The summed E-state index contributed by atoms with van der Waals surface area (Å²) in [5, 5.41) is 8.69. The second-order valence-electron chi connectivity index (χ2n) is 4.44. The van der Waals surface area contributed by atoms with Crippen molar-refractivity contribution in [1.82, 2.24) is 0 Å². The zero-order chi connectivity index (χ0) is 13.4. The first-order valence-corrected chi connectivity index (χ1v) is 6.38. The van der Waals surface area contributed by atoms with Crippen LogP contribution < -0.4 is 4.90 Å². The number of anilines is 1. The molecule has 0 saturated heterocycles. The van der Waals surface area contributed by atoms with E-state index in [1.807, 2.05) is 49.1 Å². The number of carbonyl (C=O) groups excluding carboxylic acids is 1. The molecule has 1 aromatic carbocycles. The number of Topliss-reactive ketones (excluding diaryl/α,β-unsaturated/α-hetero) is 1. The lowest BCUT2D eigenvalue weighted by atomic mass is 10.0. The summed E-state index contributed by atoms with van der Waals surface area (Å²) < 4.78 is 0. The molecular weight excluding hydrogens is 224 g/mol. The molecule has 0 aliphatic rings. The van der Waals surface area contributed by atoms with Crippen LogP contribution in [0.3, 0.4) is 0 Å². The summed E-state index contributed by atoms with van der Waals surface area (Å²) in [6.45, 7) is 4.96. The molecule has 96 valence electrons. The normalized spacial score (nSPS) is 11.6. The van der Waals surface area contributed by atoms with Gasteiger partial charge in [0.2, 0.25) is 0 Å². The number of ketones is 1. The van der Waals surface area contributed by atoms with Crippen molar-refractivity contribution >= 4 is 11.5 Å². The SMILES string of the molecule is CCC(C)C(=O)CN(CCC#N)c1ccccc1. The molecule has 0 N–H and O–H groups in total. The minimum Gasteiger partial charge on any atom is -0.363 e. The Morgan fingerprint density at radius 1 is 1.39 bits per heavy atom. The maximum atomic E-state index is 12.0. The molecule has 0 amide bonds. The van der Waals surface area contributed by atoms with Crippen LogP contribution in [0.5, 0.6) is 0 Å². The summed E-state index contributed by atoms with van der Waals surface area (Å²) >= 11 is 0. The van der Waals surface area contributed by atoms with Crippen molar-refractivity contribution < 1.29 is 4.79 Å². The van der Waals surface area contributed by atoms with E-state index in [1.54, 1.807) is 0 Å². The molecule has 0 aliphatic carbocycles. The van der Waals surface area contributed by atoms with Crippen LogP contribution in [0.15, 0.2) is 30.3 Å². The van der Waals surface area contributed by atoms with Crippen molar-refractivity contribution in [2.75, 3.05) is 18.0 Å². The van der Waals surface area contributed by atoms with E-state index in [0.29, 0.717) is 19.5 Å². The first-order valence-electron chi connectivity index (χ1n) is 6.38. The highest BCUT2D eigenvalue weighted by atomic mass is 16.1. The molecule has 0 heterocycles. The van der Waals surface area contributed by atoms with Gasteiger partial charge in [-0.3, -0.25) is 4.79 Å². The molecule has 0 radical (unpaired) electrons. The van der Waals surface area contributed by atoms with Gasteiger partial charge in [-0.2, -0.15) is 5.26 Å². The Kier molecular flexibility index (Phi) is 5.93. The molecule has 0 aliphatic heterocycles. The molecule has 3 nitrogen and oxygen atoms in total. The van der Waals surface area contributed by atoms with Gasteiger partial charge in [0.1, 0.15) is 0 Å². The quantitative estimate of drug-likeness (QED) is 0.740.